The predicted octanol–water partition coefficient (Wildman–Crippen LogP) is 26.8. The Hall–Kier alpha value is -12.3. The van der Waals surface area contributed by atoms with Crippen LogP contribution in [0, 0.1) is 0 Å². The van der Waals surface area contributed by atoms with Gasteiger partial charge in [-0.25, -0.2) is 24.0 Å². The Morgan fingerprint density at radius 1 is 0.420 bits per heavy atom. The van der Waals surface area contributed by atoms with Gasteiger partial charge in [0.25, 0.3) is 5.91 Å². The zero-order chi connectivity index (χ0) is 91.3. The molecule has 24 nitrogen and oxygen atoms in total. The third kappa shape index (κ3) is 30.1. The average molecular weight is 2060 g/mol. The number of carboxylic acids is 5. The number of halogens is 5. The third-order valence-corrected chi connectivity index (χ3v) is 26.5. The maximum absolute atomic E-state index is 12.3. The Labute approximate surface area is 811 Å². The number of ketones is 1. The van der Waals surface area contributed by atoms with Gasteiger partial charge in [0.15, 0.2) is 18.7 Å². The van der Waals surface area contributed by atoms with Crippen molar-refractivity contribution in [3.63, 3.8) is 0 Å². The van der Waals surface area contributed by atoms with Gasteiger partial charge >= 0.3 is 29.8 Å². The Morgan fingerprint density at radius 2 is 0.817 bits per heavy atom. The van der Waals surface area contributed by atoms with Crippen molar-refractivity contribution in [2.45, 2.75) is 54.4 Å². The number of aromatic carboxylic acids is 5. The predicted molar refractivity (Wildman–Crippen MR) is 533 cm³/mol. The lowest BCUT2D eigenvalue weighted by Crippen LogP contribution is -2.20. The number of pyridine rings is 1. The number of carboxylic acid groups (broad SMARTS) is 5. The summed E-state index contributed by atoms with van der Waals surface area (Å²) in [5.41, 5.74) is 6.90. The zero-order valence-corrected chi connectivity index (χ0v) is 77.0. The monoisotopic (exact) mass is 2060 g/mol. The quantitative estimate of drug-likeness (QED) is 0.0144. The van der Waals surface area contributed by atoms with E-state index < -0.39 is 41.7 Å². The van der Waals surface area contributed by atoms with Crippen molar-refractivity contribution in [2.24, 2.45) is 0 Å². The lowest BCUT2D eigenvalue weighted by atomic mass is 10.0. The molecular weight excluding hydrogens is 1980 g/mol. The number of anilines is 4. The molecule has 4 amide bonds. The van der Waals surface area contributed by atoms with Crippen molar-refractivity contribution in [3.05, 3.63) is 321 Å². The van der Waals surface area contributed by atoms with E-state index >= 15 is 0 Å². The van der Waals surface area contributed by atoms with Crippen molar-refractivity contribution in [2.75, 3.05) is 34.5 Å². The number of rotatable bonds is 31. The second-order valence-corrected chi connectivity index (χ2v) is 36.5. The number of aromatic nitrogens is 1. The number of benzene rings is 5. The van der Waals surface area contributed by atoms with Gasteiger partial charge in [-0.15, -0.1) is 90.7 Å². The van der Waals surface area contributed by atoms with Crippen LogP contribution in [0.5, 0.6) is 11.5 Å². The van der Waals surface area contributed by atoms with Crippen LogP contribution < -0.4 is 30.7 Å². The second-order valence-electron chi connectivity index (χ2n) is 26.3. The number of carbonyl (C=O) groups excluding carboxylic acids is 6. The third-order valence-electron chi connectivity index (χ3n) is 17.7. The molecule has 0 unspecified atom stereocenters. The summed E-state index contributed by atoms with van der Waals surface area (Å²) in [7, 11) is 0. The fraction of sp³-hybridized carbons (Fsp3) is 0.106. The van der Waals surface area contributed by atoms with Crippen LogP contribution in [0.15, 0.2) is 253 Å². The van der Waals surface area contributed by atoms with Crippen LogP contribution in [-0.4, -0.2) is 109 Å². The SMILES string of the molecule is C.C.C.O=C(/C=C/c1ccco1)Nc1scc(-c2ccc(Cl)cc2)c1C(=O)O.O=C(CCc1cccs1)Nc1scc(-c2ccc(Br)cc2)c1C(=O)O.O=C(CCc1cccs1)Nc1scc(-c2ccc(Cl)cc2)c1C(=O)O.O=C(COc1cccnc1)Nc1scc(-c2ccc(Cl)cc2)c1C(=O)O.O=Cc1sccc1OCC(=O)Cc1scc(-c2ccc(Cl)cc2)c1C(=O)O. The molecule has 676 valence electrons. The van der Waals surface area contributed by atoms with Gasteiger partial charge in [-0.1, -0.05) is 157 Å². The van der Waals surface area contributed by atoms with Gasteiger partial charge in [-0.3, -0.25) is 33.8 Å². The molecule has 0 saturated heterocycles. The first kappa shape index (κ1) is 104. The molecule has 0 aliphatic rings. The number of hydrogen-bond donors (Lipinski definition) is 9. The topological polar surface area (TPSA) is 382 Å². The van der Waals surface area contributed by atoms with Crippen LogP contribution in [0.25, 0.3) is 61.7 Å². The van der Waals surface area contributed by atoms with E-state index in [-0.39, 0.29) is 97.3 Å². The number of nitrogens with one attached hydrogen (secondary N) is 4. The smallest absolute Gasteiger partial charge is 0.339 e. The van der Waals surface area contributed by atoms with Crippen LogP contribution in [0.2, 0.25) is 20.1 Å². The number of hydrogen-bond acceptors (Lipinski definition) is 23. The van der Waals surface area contributed by atoms with E-state index in [1.54, 1.807) is 189 Å². The molecule has 0 saturated carbocycles. The second kappa shape index (κ2) is 51.3. The van der Waals surface area contributed by atoms with Crippen molar-refractivity contribution >= 4 is 245 Å². The summed E-state index contributed by atoms with van der Waals surface area (Å²) in [5.74, 6) is -5.66. The van der Waals surface area contributed by atoms with Crippen molar-refractivity contribution < 1.29 is 92.2 Å². The van der Waals surface area contributed by atoms with Gasteiger partial charge < -0.3 is 60.7 Å². The average Bonchev–Trinajstić information content (AvgIpc) is 1.69. The number of carbonyl (C=O) groups is 11. The maximum Gasteiger partial charge on any atom is 0.339 e. The number of nitrogens with zero attached hydrogens (tertiary/aromatic N) is 1. The number of furan rings is 1. The molecule has 5 aromatic carbocycles. The minimum Gasteiger partial charge on any atom is -0.484 e. The van der Waals surface area contributed by atoms with E-state index in [2.05, 4.69) is 42.2 Å². The summed E-state index contributed by atoms with van der Waals surface area (Å²) in [6.07, 6.45) is 9.91. The number of aldehydes is 1. The zero-order valence-electron chi connectivity index (χ0n) is 65.8. The van der Waals surface area contributed by atoms with Crippen molar-refractivity contribution in [3.8, 4) is 67.1 Å². The van der Waals surface area contributed by atoms with Crippen LogP contribution in [-0.2, 0) is 43.2 Å². The molecule has 0 atom stereocenters. The molecule has 15 aromatic rings. The van der Waals surface area contributed by atoms with Crippen molar-refractivity contribution in [1.29, 1.82) is 0 Å². The van der Waals surface area contributed by atoms with Gasteiger partial charge in [-0.05, 0) is 171 Å². The van der Waals surface area contributed by atoms with Gasteiger partial charge in [0.05, 0.1) is 18.0 Å². The van der Waals surface area contributed by atoms with E-state index in [1.165, 1.54) is 70.0 Å². The number of ether oxygens (including phenoxy) is 2. The van der Waals surface area contributed by atoms with Crippen LogP contribution >= 0.6 is 153 Å². The molecule has 9 N–H and O–H groups in total. The highest BCUT2D eigenvalue weighted by Gasteiger charge is 2.27. The fourth-order valence-corrected chi connectivity index (χ4v) is 19.5. The first-order valence-electron chi connectivity index (χ1n) is 37.4. The summed E-state index contributed by atoms with van der Waals surface area (Å²) in [4.78, 5) is 137. The summed E-state index contributed by atoms with van der Waals surface area (Å²) in [6.45, 7) is -0.482. The molecule has 131 heavy (non-hydrogen) atoms. The van der Waals surface area contributed by atoms with E-state index in [4.69, 9.17) is 60.3 Å². The maximum atomic E-state index is 12.3. The molecule has 0 spiro atoms. The Balaban J connectivity index is 0.000000201. The largest absolute Gasteiger partial charge is 0.484 e. The van der Waals surface area contributed by atoms with Gasteiger partial charge in [0, 0.05) is 120 Å². The molecular formula is C94H78BrCl4N5O19S8. The highest BCUT2D eigenvalue weighted by atomic mass is 79.9. The first-order valence-corrected chi connectivity index (χ1v) is 46.7. The number of aryl methyl sites for hydroxylation is 2. The summed E-state index contributed by atoms with van der Waals surface area (Å²) in [5, 5.41) is 76.3. The van der Waals surface area contributed by atoms with Gasteiger partial charge in [0.1, 0.15) is 71.0 Å². The van der Waals surface area contributed by atoms with Crippen LogP contribution in [0.3, 0.4) is 0 Å². The first-order chi connectivity index (χ1) is 61.7. The standard InChI is InChI=1S/C19H13ClO5S2.C18H14BrNO3S2.C18H13ClN2O4S.C18H12ClNO4S.C18H14ClNO3S2.3CH4/c20-12-3-1-11(2-4-12)14-10-27-16(18(14)19(23)24)7-13(22)9-25-15-5-6-26-17(15)8-21;19-12-5-3-11(4-6-12)14-10-25-17(16(14)18(22)23)20-15(21)8-7-13-2-1-9-24-13;19-12-5-3-11(4-6-12)14-10-26-17(16(14)18(23)24)21-15(22)9-25-13-2-1-7-20-8-13;2*19-12-5-3-11(4-6-12)14-10-25-17(16(14)18(22)23)20-15(21)8-7-13-2-1-9-24-13;;;/h1-6,8,10H,7,9H2,(H,23,24);1-6,9-10H,7-8H2,(H,20,21)(H,22,23);1-8,10H,9H2,(H,21,22)(H,23,24);1-10H,(H,20,21)(H,22,23);1-6,9-10H,7-8H2,(H,20,21)(H,22,23);3*1H4/b;;;8-7+;;;;. The van der Waals surface area contributed by atoms with E-state index in [0.29, 0.717) is 128 Å². The molecule has 10 heterocycles. The molecule has 0 aliphatic carbocycles. The minimum atomic E-state index is -1.13. The van der Waals surface area contributed by atoms with Crippen LogP contribution in [0.4, 0.5) is 20.0 Å². The number of Topliss-reactive ketones (excluding diaryl/α,β-unsaturated/α-hetero) is 1. The minimum absolute atomic E-state index is 0. The fourth-order valence-electron chi connectivity index (χ4n) is 11.7. The molecule has 0 radical (unpaired) electrons. The Kier molecular flexibility index (Phi) is 40.8. The van der Waals surface area contributed by atoms with Crippen molar-refractivity contribution in [1.82, 2.24) is 4.98 Å². The molecule has 0 bridgehead atoms. The molecule has 0 aliphatic heterocycles. The molecule has 0 fully saturated rings. The van der Waals surface area contributed by atoms with E-state index in [1.807, 2.05) is 59.3 Å². The van der Waals surface area contributed by atoms with Crippen LogP contribution in [0.1, 0.15) is 117 Å². The number of amides is 4. The van der Waals surface area contributed by atoms with Gasteiger partial charge in [0.2, 0.25) is 17.7 Å². The lowest BCUT2D eigenvalue weighted by Gasteiger charge is -2.07. The molecule has 37 heteroatoms. The Bertz CT molecular complexity index is 6270. The number of thiophene rings is 8. The molecule has 10 aromatic heterocycles. The Morgan fingerprint density at radius 3 is 1.19 bits per heavy atom. The normalized spacial score (nSPS) is 10.4. The summed E-state index contributed by atoms with van der Waals surface area (Å²) < 4.78 is 16.7. The van der Waals surface area contributed by atoms with E-state index in [0.717, 1.165) is 53.6 Å². The summed E-state index contributed by atoms with van der Waals surface area (Å²) in [6, 6.07) is 51.1. The molecule has 15 rings (SSSR count). The lowest BCUT2D eigenvalue weighted by molar-refractivity contribution is -0.120. The van der Waals surface area contributed by atoms with Gasteiger partial charge in [-0.2, -0.15) is 0 Å². The summed E-state index contributed by atoms with van der Waals surface area (Å²) >= 11 is 37.3. The highest BCUT2D eigenvalue weighted by molar-refractivity contribution is 9.10. The highest BCUT2D eigenvalue weighted by Crippen LogP contribution is 2.42. The van der Waals surface area contributed by atoms with E-state index in [9.17, 15) is 78.3 Å².